The van der Waals surface area contributed by atoms with Crippen molar-refractivity contribution in [3.8, 4) is 0 Å². The summed E-state index contributed by atoms with van der Waals surface area (Å²) in [6.45, 7) is 8.21. The maximum Gasteiger partial charge on any atom is 0.191 e. The Morgan fingerprint density at radius 3 is 2.71 bits per heavy atom. The van der Waals surface area contributed by atoms with Crippen molar-refractivity contribution in [2.75, 3.05) is 5.32 Å². The van der Waals surface area contributed by atoms with Crippen LogP contribution in [-0.2, 0) is 0 Å². The first-order valence-electron chi connectivity index (χ1n) is 7.07. The van der Waals surface area contributed by atoms with Crippen molar-refractivity contribution >= 4 is 28.7 Å². The molecule has 1 aliphatic carbocycles. The van der Waals surface area contributed by atoms with Crippen molar-refractivity contribution in [1.29, 1.82) is 0 Å². The van der Waals surface area contributed by atoms with Crippen LogP contribution in [0.3, 0.4) is 0 Å². The zero-order valence-corrected chi connectivity index (χ0v) is 13.3. The van der Waals surface area contributed by atoms with E-state index in [4.69, 9.17) is 12.2 Å². The van der Waals surface area contributed by atoms with Crippen molar-refractivity contribution in [3.63, 3.8) is 0 Å². The zero-order chi connectivity index (χ0) is 15.2. The fourth-order valence-electron chi connectivity index (χ4n) is 2.22. The average molecular weight is 299 g/mol. The van der Waals surface area contributed by atoms with Crippen LogP contribution in [0.15, 0.2) is 59.2 Å². The predicted octanol–water partition coefficient (Wildman–Crippen LogP) is 4.26. The summed E-state index contributed by atoms with van der Waals surface area (Å²) >= 11 is 5.26. The second kappa shape index (κ2) is 7.18. The van der Waals surface area contributed by atoms with Gasteiger partial charge in [0, 0.05) is 5.69 Å². The summed E-state index contributed by atoms with van der Waals surface area (Å²) in [5.41, 5.74) is 7.34. The Morgan fingerprint density at radius 2 is 2.05 bits per heavy atom. The lowest BCUT2D eigenvalue weighted by Gasteiger charge is -2.22. The Labute approximate surface area is 131 Å². The molecule has 0 radical (unpaired) electrons. The lowest BCUT2D eigenvalue weighted by molar-refractivity contribution is 0.637. The number of para-hydroxylation sites is 1. The number of anilines is 1. The summed E-state index contributed by atoms with van der Waals surface area (Å²) in [4.78, 5) is 0. The van der Waals surface area contributed by atoms with Gasteiger partial charge in [0.05, 0.1) is 5.71 Å². The Hall–Kier alpha value is -1.94. The molecule has 0 aliphatic heterocycles. The van der Waals surface area contributed by atoms with Gasteiger partial charge in [-0.15, -0.1) is 0 Å². The molecule has 0 heterocycles. The number of thiocarbonyl (C=S) groups is 1. The smallest absolute Gasteiger partial charge is 0.191 e. The maximum atomic E-state index is 5.26. The Morgan fingerprint density at radius 1 is 1.33 bits per heavy atom. The molecule has 2 rings (SSSR count). The van der Waals surface area contributed by atoms with E-state index in [9.17, 15) is 0 Å². The molecule has 3 nitrogen and oxygen atoms in total. The van der Waals surface area contributed by atoms with E-state index in [1.54, 1.807) is 0 Å². The highest BCUT2D eigenvalue weighted by Crippen LogP contribution is 2.26. The number of hydrazone groups is 1. The number of nitrogens with one attached hydrogen (secondary N) is 2. The fourth-order valence-corrected chi connectivity index (χ4v) is 2.39. The normalized spacial score (nSPS) is 19.8. The number of hydrogen-bond acceptors (Lipinski definition) is 2. The van der Waals surface area contributed by atoms with Gasteiger partial charge in [-0.05, 0) is 62.5 Å². The molecule has 2 N–H and O–H groups in total. The van der Waals surface area contributed by atoms with Crippen molar-refractivity contribution < 1.29 is 0 Å². The monoisotopic (exact) mass is 299 g/mol. The third-order valence-electron chi connectivity index (χ3n) is 3.62. The van der Waals surface area contributed by atoms with Gasteiger partial charge in [-0.2, -0.15) is 5.10 Å². The molecule has 0 saturated heterocycles. The molecule has 0 aromatic heterocycles. The van der Waals surface area contributed by atoms with E-state index in [1.165, 1.54) is 11.1 Å². The first-order valence-corrected chi connectivity index (χ1v) is 7.48. The molecule has 0 amide bonds. The predicted molar refractivity (Wildman–Crippen MR) is 94.5 cm³/mol. The summed E-state index contributed by atoms with van der Waals surface area (Å²) < 4.78 is 0. The summed E-state index contributed by atoms with van der Waals surface area (Å²) in [5, 5.41) is 8.05. The van der Waals surface area contributed by atoms with Crippen LogP contribution >= 0.6 is 12.2 Å². The van der Waals surface area contributed by atoms with E-state index in [0.717, 1.165) is 24.2 Å². The molecule has 1 aromatic carbocycles. The zero-order valence-electron chi connectivity index (χ0n) is 12.5. The third-order valence-corrected chi connectivity index (χ3v) is 3.82. The second-order valence-corrected chi connectivity index (χ2v) is 5.77. The molecule has 1 aliphatic rings. The van der Waals surface area contributed by atoms with Gasteiger partial charge in [0.25, 0.3) is 0 Å². The summed E-state index contributed by atoms with van der Waals surface area (Å²) in [6, 6.07) is 9.81. The Balaban J connectivity index is 1.96. The van der Waals surface area contributed by atoms with Crippen molar-refractivity contribution in [2.45, 2.75) is 26.7 Å². The SMILES string of the molecule is C=C(C)[C@H]1CC=C(C)/C(=N/NC(=S)Nc2ccccc2)C1. The van der Waals surface area contributed by atoms with Crippen LogP contribution in [0.2, 0.25) is 0 Å². The molecular weight excluding hydrogens is 278 g/mol. The van der Waals surface area contributed by atoms with Crippen molar-refractivity contribution in [1.82, 2.24) is 5.43 Å². The molecule has 0 spiro atoms. The van der Waals surface area contributed by atoms with Crippen LogP contribution in [0.1, 0.15) is 26.7 Å². The molecule has 1 atom stereocenters. The number of rotatable bonds is 3. The van der Waals surface area contributed by atoms with E-state index >= 15 is 0 Å². The van der Waals surface area contributed by atoms with E-state index in [1.807, 2.05) is 30.3 Å². The third kappa shape index (κ3) is 4.53. The van der Waals surface area contributed by atoms with Crippen molar-refractivity contribution in [2.24, 2.45) is 11.0 Å². The van der Waals surface area contributed by atoms with Gasteiger partial charge in [-0.25, -0.2) is 0 Å². The van der Waals surface area contributed by atoms with Crippen LogP contribution in [0.25, 0.3) is 0 Å². The lowest BCUT2D eigenvalue weighted by atomic mass is 9.85. The van der Waals surface area contributed by atoms with Crippen LogP contribution < -0.4 is 10.7 Å². The highest BCUT2D eigenvalue weighted by Gasteiger charge is 2.18. The molecule has 0 saturated carbocycles. The number of benzene rings is 1. The van der Waals surface area contributed by atoms with Crippen LogP contribution in [0, 0.1) is 5.92 Å². The van der Waals surface area contributed by atoms with Gasteiger partial charge in [0.15, 0.2) is 5.11 Å². The number of allylic oxidation sites excluding steroid dienone is 3. The topological polar surface area (TPSA) is 36.4 Å². The molecule has 1 aromatic rings. The minimum absolute atomic E-state index is 0.477. The molecule has 4 heteroatoms. The first-order chi connectivity index (χ1) is 10.1. The van der Waals surface area contributed by atoms with Crippen LogP contribution in [-0.4, -0.2) is 10.8 Å². The molecule has 0 bridgehead atoms. The minimum Gasteiger partial charge on any atom is -0.331 e. The molecule has 0 fully saturated rings. The quantitative estimate of drug-likeness (QED) is 0.497. The summed E-state index contributed by atoms with van der Waals surface area (Å²) in [7, 11) is 0. The Kier molecular flexibility index (Phi) is 5.28. The largest absolute Gasteiger partial charge is 0.331 e. The van der Waals surface area contributed by atoms with Crippen LogP contribution in [0.5, 0.6) is 0 Å². The molecule has 0 unspecified atom stereocenters. The first kappa shape index (κ1) is 15.4. The maximum absolute atomic E-state index is 5.26. The highest BCUT2D eigenvalue weighted by atomic mass is 32.1. The van der Waals surface area contributed by atoms with E-state index in [0.29, 0.717) is 11.0 Å². The van der Waals surface area contributed by atoms with E-state index in [2.05, 4.69) is 42.3 Å². The molecular formula is C17H21N3S. The summed E-state index contributed by atoms with van der Waals surface area (Å²) in [5.74, 6) is 0.477. The van der Waals surface area contributed by atoms with Gasteiger partial charge in [0.1, 0.15) is 0 Å². The lowest BCUT2D eigenvalue weighted by Crippen LogP contribution is -2.26. The molecule has 21 heavy (non-hydrogen) atoms. The van der Waals surface area contributed by atoms with Gasteiger partial charge in [-0.3, -0.25) is 5.43 Å². The number of hydrogen-bond donors (Lipinski definition) is 2. The summed E-state index contributed by atoms with van der Waals surface area (Å²) in [6.07, 6.45) is 4.18. The van der Waals surface area contributed by atoms with Gasteiger partial charge in [-0.1, -0.05) is 36.4 Å². The Bertz CT molecular complexity index is 587. The highest BCUT2D eigenvalue weighted by molar-refractivity contribution is 7.80. The minimum atomic E-state index is 0.477. The molecule has 110 valence electrons. The standard InChI is InChI=1S/C17H21N3S/c1-12(2)14-10-9-13(3)16(11-14)19-20-17(21)18-15-7-5-4-6-8-15/h4-9,14H,1,10-11H2,2-3H3,(H2,18,20,21)/b19-16+/t14-/m0/s1. The van der Waals surface area contributed by atoms with Gasteiger partial charge < -0.3 is 5.32 Å². The fraction of sp³-hybridized carbons (Fsp3) is 0.294. The van der Waals surface area contributed by atoms with Gasteiger partial charge in [0.2, 0.25) is 0 Å². The van der Waals surface area contributed by atoms with E-state index in [-0.39, 0.29) is 0 Å². The number of nitrogens with zero attached hydrogens (tertiary/aromatic N) is 1. The van der Waals surface area contributed by atoms with Crippen molar-refractivity contribution in [3.05, 3.63) is 54.1 Å². The second-order valence-electron chi connectivity index (χ2n) is 5.36. The van der Waals surface area contributed by atoms with Gasteiger partial charge >= 0.3 is 0 Å². The van der Waals surface area contributed by atoms with Crippen LogP contribution in [0.4, 0.5) is 5.69 Å². The van der Waals surface area contributed by atoms with E-state index < -0.39 is 0 Å². The average Bonchev–Trinajstić information content (AvgIpc) is 2.47.